The van der Waals surface area contributed by atoms with Crippen LogP contribution in [0.2, 0.25) is 0 Å². The van der Waals surface area contributed by atoms with Crippen LogP contribution < -0.4 is 15.4 Å². The molecule has 1 aliphatic rings. The number of ether oxygens (including phenoxy) is 1. The summed E-state index contributed by atoms with van der Waals surface area (Å²) in [6.45, 7) is 0.499. The number of amides is 2. The maximum Gasteiger partial charge on any atom is 0.227 e. The zero-order chi connectivity index (χ0) is 20.8. The van der Waals surface area contributed by atoms with Crippen molar-refractivity contribution in [1.29, 1.82) is 0 Å². The van der Waals surface area contributed by atoms with Crippen LogP contribution in [0.1, 0.15) is 30.0 Å². The van der Waals surface area contributed by atoms with Crippen molar-refractivity contribution in [2.24, 2.45) is 5.92 Å². The Kier molecular flexibility index (Phi) is 6.88. The van der Waals surface area contributed by atoms with Gasteiger partial charge in [0.25, 0.3) is 0 Å². The maximum absolute atomic E-state index is 12.4. The summed E-state index contributed by atoms with van der Waals surface area (Å²) in [7, 11) is 5.62. The predicted molar refractivity (Wildman–Crippen MR) is 114 cm³/mol. The van der Waals surface area contributed by atoms with E-state index in [2.05, 4.69) is 15.5 Å². The topological polar surface area (TPSA) is 70.7 Å². The van der Waals surface area contributed by atoms with Gasteiger partial charge in [-0.25, -0.2) is 0 Å². The summed E-state index contributed by atoms with van der Waals surface area (Å²) in [6, 6.07) is 15.7. The molecule has 2 unspecified atom stereocenters. The van der Waals surface area contributed by atoms with Crippen molar-refractivity contribution >= 4 is 17.5 Å². The molecule has 0 saturated heterocycles. The lowest BCUT2D eigenvalue weighted by molar-refractivity contribution is -0.123. The fourth-order valence-corrected chi connectivity index (χ4v) is 3.70. The Morgan fingerprint density at radius 1 is 1.24 bits per heavy atom. The molecule has 6 heteroatoms. The van der Waals surface area contributed by atoms with Crippen molar-refractivity contribution < 1.29 is 14.3 Å². The van der Waals surface area contributed by atoms with Crippen LogP contribution in [0.25, 0.3) is 0 Å². The smallest absolute Gasteiger partial charge is 0.227 e. The Labute approximate surface area is 172 Å². The SMILES string of the molecule is COc1cccc(C(CNC(=O)CCC2Cc3ccccc3NC2=O)N(C)C)c1. The first-order chi connectivity index (χ1) is 14.0. The molecular weight excluding hydrogens is 366 g/mol. The van der Waals surface area contributed by atoms with Crippen molar-refractivity contribution in [2.75, 3.05) is 33.1 Å². The average molecular weight is 396 g/mol. The Balaban J connectivity index is 1.53. The first kappa shape index (κ1) is 20.9. The average Bonchev–Trinajstić information content (AvgIpc) is 2.72. The number of rotatable bonds is 8. The third kappa shape index (κ3) is 5.35. The van der Waals surface area contributed by atoms with E-state index >= 15 is 0 Å². The van der Waals surface area contributed by atoms with Gasteiger partial charge in [0.1, 0.15) is 5.75 Å². The summed E-state index contributed by atoms with van der Waals surface area (Å²) in [4.78, 5) is 26.8. The molecule has 2 amide bonds. The molecule has 0 radical (unpaired) electrons. The molecule has 29 heavy (non-hydrogen) atoms. The van der Waals surface area contributed by atoms with Crippen LogP contribution >= 0.6 is 0 Å². The van der Waals surface area contributed by atoms with Gasteiger partial charge in [0.05, 0.1) is 13.2 Å². The first-order valence-corrected chi connectivity index (χ1v) is 9.93. The van der Waals surface area contributed by atoms with Crippen LogP contribution in [-0.4, -0.2) is 44.5 Å². The van der Waals surface area contributed by atoms with Crippen LogP contribution in [0.4, 0.5) is 5.69 Å². The standard InChI is InChI=1S/C23H29N3O3/c1-26(2)21(17-8-6-9-19(14-17)29-3)15-24-22(27)12-11-18-13-16-7-4-5-10-20(16)25-23(18)28/h4-10,14,18,21H,11-13,15H2,1-3H3,(H,24,27)(H,25,28). The van der Waals surface area contributed by atoms with Gasteiger partial charge in [-0.1, -0.05) is 30.3 Å². The highest BCUT2D eigenvalue weighted by Crippen LogP contribution is 2.27. The van der Waals surface area contributed by atoms with Crippen LogP contribution in [0.5, 0.6) is 5.75 Å². The first-order valence-electron chi connectivity index (χ1n) is 9.93. The van der Waals surface area contributed by atoms with Crippen LogP contribution in [0.15, 0.2) is 48.5 Å². The molecule has 6 nitrogen and oxygen atoms in total. The summed E-state index contributed by atoms with van der Waals surface area (Å²) in [5, 5.41) is 5.96. The van der Waals surface area contributed by atoms with Gasteiger partial charge in [0.15, 0.2) is 0 Å². The van der Waals surface area contributed by atoms with E-state index < -0.39 is 0 Å². The van der Waals surface area contributed by atoms with Crippen LogP contribution in [0, 0.1) is 5.92 Å². The van der Waals surface area contributed by atoms with Gasteiger partial charge in [-0.15, -0.1) is 0 Å². The lowest BCUT2D eigenvalue weighted by Gasteiger charge is -2.26. The number of nitrogens with one attached hydrogen (secondary N) is 2. The molecule has 3 rings (SSSR count). The zero-order valence-corrected chi connectivity index (χ0v) is 17.3. The van der Waals surface area contributed by atoms with E-state index in [0.29, 0.717) is 25.8 Å². The summed E-state index contributed by atoms with van der Waals surface area (Å²) in [5.74, 6) is 0.591. The Morgan fingerprint density at radius 2 is 2.03 bits per heavy atom. The van der Waals surface area contributed by atoms with Crippen LogP contribution in [0.3, 0.4) is 0 Å². The highest BCUT2D eigenvalue weighted by atomic mass is 16.5. The second-order valence-electron chi connectivity index (χ2n) is 7.65. The number of carbonyl (C=O) groups is 2. The lowest BCUT2D eigenvalue weighted by Crippen LogP contribution is -2.35. The fourth-order valence-electron chi connectivity index (χ4n) is 3.70. The molecule has 0 aliphatic carbocycles. The summed E-state index contributed by atoms with van der Waals surface area (Å²) in [5.41, 5.74) is 3.09. The van der Waals surface area contributed by atoms with Crippen molar-refractivity contribution in [3.63, 3.8) is 0 Å². The van der Waals surface area contributed by atoms with Gasteiger partial charge in [-0.05, 0) is 56.3 Å². The fraction of sp³-hybridized carbons (Fsp3) is 0.391. The Hall–Kier alpha value is -2.86. The number of hydrogen-bond acceptors (Lipinski definition) is 4. The normalized spacial score (nSPS) is 16.7. The molecule has 154 valence electrons. The predicted octanol–water partition coefficient (Wildman–Crippen LogP) is 3.01. The van der Waals surface area contributed by atoms with Gasteiger partial charge in [-0.3, -0.25) is 9.59 Å². The van der Waals surface area contributed by atoms with E-state index in [4.69, 9.17) is 4.74 Å². The van der Waals surface area contributed by atoms with Gasteiger partial charge < -0.3 is 20.3 Å². The highest BCUT2D eigenvalue weighted by Gasteiger charge is 2.26. The molecule has 2 aromatic carbocycles. The molecule has 1 aliphatic heterocycles. The quantitative estimate of drug-likeness (QED) is 0.721. The van der Waals surface area contributed by atoms with Crippen molar-refractivity contribution in [2.45, 2.75) is 25.3 Å². The molecule has 0 aromatic heterocycles. The third-order valence-corrected chi connectivity index (χ3v) is 5.43. The number of fused-ring (bicyclic) bond motifs is 1. The molecule has 1 heterocycles. The molecular formula is C23H29N3O3. The van der Waals surface area contributed by atoms with Gasteiger partial charge in [-0.2, -0.15) is 0 Å². The number of methoxy groups -OCH3 is 1. The number of benzene rings is 2. The van der Waals surface area contributed by atoms with Gasteiger partial charge >= 0.3 is 0 Å². The van der Waals surface area contributed by atoms with Gasteiger partial charge in [0, 0.05) is 24.6 Å². The largest absolute Gasteiger partial charge is 0.497 e. The number of likely N-dealkylation sites (N-methyl/N-ethyl adjacent to an activating group) is 1. The minimum atomic E-state index is -0.168. The van der Waals surface area contributed by atoms with E-state index in [9.17, 15) is 9.59 Å². The van der Waals surface area contributed by atoms with Crippen molar-refractivity contribution in [3.8, 4) is 5.75 Å². The summed E-state index contributed by atoms with van der Waals surface area (Å²) >= 11 is 0. The molecule has 0 saturated carbocycles. The molecule has 2 atom stereocenters. The number of nitrogens with zero attached hydrogens (tertiary/aromatic N) is 1. The van der Waals surface area contributed by atoms with E-state index in [1.165, 1.54) is 0 Å². The monoisotopic (exact) mass is 395 g/mol. The number of para-hydroxylation sites is 1. The second-order valence-corrected chi connectivity index (χ2v) is 7.65. The molecule has 2 aromatic rings. The molecule has 0 spiro atoms. The Bertz CT molecular complexity index is 866. The number of carbonyl (C=O) groups excluding carboxylic acids is 2. The third-order valence-electron chi connectivity index (χ3n) is 5.43. The van der Waals surface area contributed by atoms with Crippen LogP contribution in [-0.2, 0) is 16.0 Å². The second kappa shape index (κ2) is 9.56. The molecule has 0 bridgehead atoms. The van der Waals surface area contributed by atoms with E-state index in [-0.39, 0.29) is 23.8 Å². The van der Waals surface area contributed by atoms with Crippen molar-refractivity contribution in [1.82, 2.24) is 10.2 Å². The Morgan fingerprint density at radius 3 is 2.79 bits per heavy atom. The van der Waals surface area contributed by atoms with E-state index in [1.54, 1.807) is 7.11 Å². The van der Waals surface area contributed by atoms with E-state index in [0.717, 1.165) is 22.6 Å². The molecule has 2 N–H and O–H groups in total. The minimum Gasteiger partial charge on any atom is -0.497 e. The zero-order valence-electron chi connectivity index (χ0n) is 17.3. The number of anilines is 1. The maximum atomic E-state index is 12.4. The lowest BCUT2D eigenvalue weighted by atomic mass is 9.89. The highest BCUT2D eigenvalue weighted by molar-refractivity contribution is 5.96. The summed E-state index contributed by atoms with van der Waals surface area (Å²) in [6.07, 6.45) is 1.55. The number of hydrogen-bond donors (Lipinski definition) is 2. The van der Waals surface area contributed by atoms with Gasteiger partial charge in [0.2, 0.25) is 11.8 Å². The van der Waals surface area contributed by atoms with E-state index in [1.807, 2.05) is 62.6 Å². The van der Waals surface area contributed by atoms with Crippen molar-refractivity contribution in [3.05, 3.63) is 59.7 Å². The summed E-state index contributed by atoms with van der Waals surface area (Å²) < 4.78 is 5.31. The molecule has 0 fully saturated rings. The minimum absolute atomic E-state index is 0.000881.